The van der Waals surface area contributed by atoms with Crippen molar-refractivity contribution in [3.8, 4) is 5.75 Å². The van der Waals surface area contributed by atoms with Crippen molar-refractivity contribution in [3.63, 3.8) is 0 Å². The van der Waals surface area contributed by atoms with Crippen molar-refractivity contribution in [1.82, 2.24) is 20.3 Å². The van der Waals surface area contributed by atoms with Crippen molar-refractivity contribution in [2.24, 2.45) is 0 Å². The van der Waals surface area contributed by atoms with Crippen LogP contribution in [0.2, 0.25) is 0 Å². The van der Waals surface area contributed by atoms with Gasteiger partial charge in [-0.05, 0) is 43.7 Å². The second-order valence-electron chi connectivity index (χ2n) is 6.18. The lowest BCUT2D eigenvalue weighted by molar-refractivity contribution is -0.122. The molecule has 0 saturated heterocycles. The minimum Gasteiger partial charge on any atom is -0.494 e. The maximum absolute atomic E-state index is 12.4. The molecule has 0 spiro atoms. The third kappa shape index (κ3) is 4.49. The quantitative estimate of drug-likeness (QED) is 0.694. The number of aryl methyl sites for hydroxylation is 1. The third-order valence-electron chi connectivity index (χ3n) is 4.23. The molecule has 1 N–H and O–H groups in total. The molecule has 3 rings (SSSR count). The average Bonchev–Trinajstić information content (AvgIpc) is 2.68. The number of ether oxygens (including phenoxy) is 1. The molecule has 0 saturated carbocycles. The highest BCUT2D eigenvalue weighted by Gasteiger charge is 2.12. The smallest absolute Gasteiger partial charge is 0.277 e. The van der Waals surface area contributed by atoms with E-state index in [1.807, 2.05) is 38.1 Å². The Kier molecular flexibility index (Phi) is 5.80. The number of rotatable bonds is 7. The van der Waals surface area contributed by atoms with E-state index in [1.54, 1.807) is 24.3 Å². The van der Waals surface area contributed by atoms with Crippen molar-refractivity contribution in [3.05, 3.63) is 64.4 Å². The molecular formula is C20H22N4O3. The summed E-state index contributed by atoms with van der Waals surface area (Å²) >= 11 is 0. The molecule has 0 aliphatic carbocycles. The van der Waals surface area contributed by atoms with Gasteiger partial charge in [-0.3, -0.25) is 9.59 Å². The van der Waals surface area contributed by atoms with Gasteiger partial charge >= 0.3 is 0 Å². The van der Waals surface area contributed by atoms with E-state index in [1.165, 1.54) is 4.68 Å². The van der Waals surface area contributed by atoms with E-state index < -0.39 is 0 Å². The highest BCUT2D eigenvalue weighted by molar-refractivity contribution is 5.77. The summed E-state index contributed by atoms with van der Waals surface area (Å²) in [7, 11) is 0. The van der Waals surface area contributed by atoms with Crippen LogP contribution in [0.25, 0.3) is 10.9 Å². The van der Waals surface area contributed by atoms with E-state index in [-0.39, 0.29) is 30.5 Å². The van der Waals surface area contributed by atoms with Crippen LogP contribution < -0.4 is 15.6 Å². The van der Waals surface area contributed by atoms with E-state index in [0.29, 0.717) is 17.5 Å². The van der Waals surface area contributed by atoms with Crippen LogP contribution in [0.3, 0.4) is 0 Å². The van der Waals surface area contributed by atoms with Crippen LogP contribution in [-0.4, -0.2) is 27.5 Å². The first-order valence-electron chi connectivity index (χ1n) is 8.93. The van der Waals surface area contributed by atoms with Gasteiger partial charge in [0.05, 0.1) is 24.6 Å². The Morgan fingerprint density at radius 2 is 2.04 bits per heavy atom. The Labute approximate surface area is 157 Å². The van der Waals surface area contributed by atoms with Crippen LogP contribution in [0.4, 0.5) is 0 Å². The molecule has 0 bridgehead atoms. The highest BCUT2D eigenvalue weighted by Crippen LogP contribution is 2.19. The van der Waals surface area contributed by atoms with Gasteiger partial charge in [-0.25, -0.2) is 4.68 Å². The van der Waals surface area contributed by atoms with E-state index >= 15 is 0 Å². The van der Waals surface area contributed by atoms with Gasteiger partial charge in [0.1, 0.15) is 11.3 Å². The first-order chi connectivity index (χ1) is 13.1. The summed E-state index contributed by atoms with van der Waals surface area (Å²) in [4.78, 5) is 24.7. The zero-order valence-corrected chi connectivity index (χ0v) is 15.4. The zero-order valence-electron chi connectivity index (χ0n) is 15.4. The largest absolute Gasteiger partial charge is 0.494 e. The lowest BCUT2D eigenvalue weighted by Crippen LogP contribution is -2.30. The van der Waals surface area contributed by atoms with E-state index in [9.17, 15) is 9.59 Å². The minimum atomic E-state index is -0.245. The average molecular weight is 366 g/mol. The molecule has 0 radical (unpaired) electrons. The van der Waals surface area contributed by atoms with E-state index in [4.69, 9.17) is 4.74 Å². The molecule has 1 heterocycles. The number of fused-ring (bicyclic) bond motifs is 1. The van der Waals surface area contributed by atoms with Crippen LogP contribution in [0.5, 0.6) is 5.75 Å². The van der Waals surface area contributed by atoms with Crippen LogP contribution >= 0.6 is 0 Å². The molecule has 0 unspecified atom stereocenters. The number of hydrogen-bond donors (Lipinski definition) is 1. The number of aromatic nitrogens is 3. The van der Waals surface area contributed by atoms with Crippen LogP contribution in [0, 0.1) is 0 Å². The Bertz CT molecular complexity index is 1000. The molecule has 27 heavy (non-hydrogen) atoms. The van der Waals surface area contributed by atoms with E-state index in [0.717, 1.165) is 11.3 Å². The van der Waals surface area contributed by atoms with Gasteiger partial charge in [-0.1, -0.05) is 29.5 Å². The lowest BCUT2D eigenvalue weighted by atomic mass is 10.1. The standard InChI is InChI=1S/C20H22N4O3/c1-3-27-16-8-6-7-15(13-16)14(2)21-19(25)11-12-24-20(26)17-9-4-5-10-18(17)22-23-24/h4-10,13-14H,3,11-12H2,1-2H3,(H,21,25)/t14-/m1/s1. The summed E-state index contributed by atoms with van der Waals surface area (Å²) in [5, 5.41) is 11.4. The Balaban J connectivity index is 1.62. The van der Waals surface area contributed by atoms with Crippen LogP contribution in [-0.2, 0) is 11.3 Å². The van der Waals surface area contributed by atoms with Gasteiger partial charge < -0.3 is 10.1 Å². The highest BCUT2D eigenvalue weighted by atomic mass is 16.5. The number of amides is 1. The Hall–Kier alpha value is -3.22. The SMILES string of the molecule is CCOc1cccc([C@@H](C)NC(=O)CCn2nnc3ccccc3c2=O)c1. The molecule has 7 heteroatoms. The summed E-state index contributed by atoms with van der Waals surface area (Å²) in [6, 6.07) is 14.5. The van der Waals surface area contributed by atoms with Gasteiger partial charge in [0.2, 0.25) is 5.91 Å². The van der Waals surface area contributed by atoms with Crippen LogP contribution in [0.1, 0.15) is 31.9 Å². The molecule has 0 aliphatic heterocycles. The van der Waals surface area contributed by atoms with E-state index in [2.05, 4.69) is 15.6 Å². The van der Waals surface area contributed by atoms with Crippen molar-refractivity contribution in [2.75, 3.05) is 6.61 Å². The predicted molar refractivity (Wildman–Crippen MR) is 103 cm³/mol. The molecule has 3 aromatic rings. The fraction of sp³-hybridized carbons (Fsp3) is 0.300. The molecule has 140 valence electrons. The fourth-order valence-electron chi connectivity index (χ4n) is 2.81. The van der Waals surface area contributed by atoms with Crippen molar-refractivity contribution >= 4 is 16.8 Å². The van der Waals surface area contributed by atoms with Crippen LogP contribution in [0.15, 0.2) is 53.3 Å². The number of hydrogen-bond acceptors (Lipinski definition) is 5. The first kappa shape index (κ1) is 18.6. The summed E-state index contributed by atoms with van der Waals surface area (Å²) < 4.78 is 6.71. The number of benzene rings is 2. The normalized spacial score (nSPS) is 11.9. The Morgan fingerprint density at radius 1 is 1.22 bits per heavy atom. The van der Waals surface area contributed by atoms with Gasteiger partial charge in [0.25, 0.3) is 5.56 Å². The predicted octanol–water partition coefficient (Wildman–Crippen LogP) is 2.46. The molecule has 1 amide bonds. The number of carbonyl (C=O) groups excluding carboxylic acids is 1. The number of nitrogens with one attached hydrogen (secondary N) is 1. The van der Waals surface area contributed by atoms with Crippen molar-refractivity contribution in [1.29, 1.82) is 0 Å². The lowest BCUT2D eigenvalue weighted by Gasteiger charge is -2.15. The molecule has 1 aromatic heterocycles. The Morgan fingerprint density at radius 3 is 2.85 bits per heavy atom. The minimum absolute atomic E-state index is 0.141. The monoisotopic (exact) mass is 366 g/mol. The molecule has 1 atom stereocenters. The number of carbonyl (C=O) groups is 1. The first-order valence-corrected chi connectivity index (χ1v) is 8.93. The van der Waals surface area contributed by atoms with Crippen molar-refractivity contribution in [2.45, 2.75) is 32.9 Å². The third-order valence-corrected chi connectivity index (χ3v) is 4.23. The number of nitrogens with zero attached hydrogens (tertiary/aromatic N) is 3. The fourth-order valence-corrected chi connectivity index (χ4v) is 2.81. The summed E-state index contributed by atoms with van der Waals surface area (Å²) in [5.74, 6) is 0.611. The maximum atomic E-state index is 12.4. The molecule has 0 fully saturated rings. The molecule has 0 aliphatic rings. The van der Waals surface area contributed by atoms with Gasteiger partial charge in [0.15, 0.2) is 0 Å². The van der Waals surface area contributed by atoms with Gasteiger partial charge in [0, 0.05) is 6.42 Å². The summed E-state index contributed by atoms with van der Waals surface area (Å²) in [6.45, 7) is 4.60. The maximum Gasteiger partial charge on any atom is 0.277 e. The molecule has 2 aromatic carbocycles. The van der Waals surface area contributed by atoms with Gasteiger partial charge in [-0.2, -0.15) is 0 Å². The molecular weight excluding hydrogens is 344 g/mol. The van der Waals surface area contributed by atoms with Gasteiger partial charge in [-0.15, -0.1) is 5.10 Å². The molecule has 7 nitrogen and oxygen atoms in total. The second kappa shape index (κ2) is 8.44. The summed E-state index contributed by atoms with van der Waals surface area (Å²) in [6.07, 6.45) is 0.141. The zero-order chi connectivity index (χ0) is 19.2. The summed E-state index contributed by atoms with van der Waals surface area (Å²) in [5.41, 5.74) is 1.26. The second-order valence-corrected chi connectivity index (χ2v) is 6.18. The van der Waals surface area contributed by atoms with Crippen molar-refractivity contribution < 1.29 is 9.53 Å². The topological polar surface area (TPSA) is 86.1 Å².